The van der Waals surface area contributed by atoms with Gasteiger partial charge in [-0.05, 0) is 30.5 Å². The summed E-state index contributed by atoms with van der Waals surface area (Å²) >= 11 is 0. The molecule has 2 heterocycles. The van der Waals surface area contributed by atoms with Gasteiger partial charge in [-0.15, -0.1) is 0 Å². The van der Waals surface area contributed by atoms with Gasteiger partial charge in [0, 0.05) is 14.2 Å². The first-order chi connectivity index (χ1) is 21.4. The lowest BCUT2D eigenvalue weighted by molar-refractivity contribution is -0.264. The van der Waals surface area contributed by atoms with Crippen LogP contribution in [0.2, 0.25) is 0 Å². The fourth-order valence-corrected chi connectivity index (χ4v) is 5.78. The summed E-state index contributed by atoms with van der Waals surface area (Å²) in [5, 5.41) is 0. The van der Waals surface area contributed by atoms with Crippen LogP contribution in [0.25, 0.3) is 0 Å². The van der Waals surface area contributed by atoms with Crippen LogP contribution in [0, 0.1) is 0 Å². The van der Waals surface area contributed by atoms with E-state index < -0.39 is 42.1 Å². The molecule has 0 spiro atoms. The van der Waals surface area contributed by atoms with Crippen molar-refractivity contribution in [1.29, 1.82) is 0 Å². The molecule has 9 heteroatoms. The Morgan fingerprint density at radius 2 is 1.34 bits per heavy atom. The second-order valence-electron chi connectivity index (χ2n) is 11.5. The van der Waals surface area contributed by atoms with Gasteiger partial charge in [-0.3, -0.25) is 0 Å². The van der Waals surface area contributed by atoms with Crippen molar-refractivity contribution < 1.29 is 42.6 Å². The minimum absolute atomic E-state index is 0.0195. The predicted octanol–water partition coefficient (Wildman–Crippen LogP) is 5.26. The first-order valence-corrected chi connectivity index (χ1v) is 15.0. The average molecular weight is 609 g/mol. The van der Waals surface area contributed by atoms with Crippen molar-refractivity contribution in [3.8, 4) is 0 Å². The van der Waals surface area contributed by atoms with Gasteiger partial charge in [0.25, 0.3) is 0 Å². The lowest BCUT2D eigenvalue weighted by Gasteiger charge is -2.42. The first-order valence-electron chi connectivity index (χ1n) is 15.0. The molecule has 0 aliphatic carbocycles. The highest BCUT2D eigenvalue weighted by molar-refractivity contribution is 5.17. The molecule has 0 N–H and O–H groups in total. The topological polar surface area (TPSA) is 83.1 Å². The molecular weight excluding hydrogens is 564 g/mol. The van der Waals surface area contributed by atoms with E-state index in [0.29, 0.717) is 26.4 Å². The number of rotatable bonds is 16. The van der Waals surface area contributed by atoms with E-state index in [1.54, 1.807) is 14.2 Å². The number of hydrogen-bond donors (Lipinski definition) is 0. The molecule has 5 rings (SSSR count). The molecule has 2 fully saturated rings. The third-order valence-corrected chi connectivity index (χ3v) is 7.83. The molecule has 238 valence electrons. The van der Waals surface area contributed by atoms with Crippen LogP contribution in [0.4, 0.5) is 0 Å². The zero-order valence-electron chi connectivity index (χ0n) is 26.0. The van der Waals surface area contributed by atoms with Crippen molar-refractivity contribution in [1.82, 2.24) is 0 Å². The largest absolute Gasteiger partial charge is 0.374 e. The van der Waals surface area contributed by atoms with Crippen LogP contribution in [-0.2, 0) is 62.5 Å². The normalized spacial score (nSPS) is 27.0. The van der Waals surface area contributed by atoms with Crippen LogP contribution in [0.15, 0.2) is 91.0 Å². The third-order valence-electron chi connectivity index (χ3n) is 7.83. The molecule has 2 saturated heterocycles. The summed E-state index contributed by atoms with van der Waals surface area (Å²) in [4.78, 5) is 0. The molecule has 3 aromatic carbocycles. The predicted molar refractivity (Wildman–Crippen MR) is 162 cm³/mol. The van der Waals surface area contributed by atoms with Crippen molar-refractivity contribution in [2.45, 2.75) is 75.8 Å². The van der Waals surface area contributed by atoms with Gasteiger partial charge in [0.2, 0.25) is 0 Å². The summed E-state index contributed by atoms with van der Waals surface area (Å²) in [5.74, 6) is -0.809. The van der Waals surface area contributed by atoms with E-state index in [-0.39, 0.29) is 13.4 Å². The standard InChI is InChI=1S/C35H44O9/c1-34(2)42-23-29(43-34)31(39-21-27-16-10-6-11-17-27)35(24-38-20-26-14-8-5-9-15-26)32(40-22-28-18-12-7-13-19-28)30(41-25-36-3)33(37-4)44-35/h5-19,29-33H,20-25H2,1-4H3/t29-,30-,31+,32-,33+,35+/m1/s1. The summed E-state index contributed by atoms with van der Waals surface area (Å²) in [6.45, 7) is 5.17. The molecular formula is C35H44O9. The quantitative estimate of drug-likeness (QED) is 0.202. The molecule has 2 aliphatic rings. The first kappa shape index (κ1) is 32.7. The SMILES string of the molecule is COCO[C@H]1[C@@H](OC)O[C@@](COCc2ccccc2)([C@@H](OCc2ccccc2)[C@H]2COC(C)(C)O2)[C@@H]1OCc1ccccc1. The van der Waals surface area contributed by atoms with Gasteiger partial charge in [-0.2, -0.15) is 0 Å². The number of methoxy groups -OCH3 is 2. The Labute approximate surface area is 260 Å². The van der Waals surface area contributed by atoms with Crippen LogP contribution in [0.3, 0.4) is 0 Å². The Hall–Kier alpha value is -2.70. The van der Waals surface area contributed by atoms with E-state index in [1.807, 2.05) is 105 Å². The minimum Gasteiger partial charge on any atom is -0.374 e. The number of ether oxygens (including phenoxy) is 9. The van der Waals surface area contributed by atoms with Crippen LogP contribution in [-0.4, -0.2) is 76.3 Å². The van der Waals surface area contributed by atoms with Gasteiger partial charge in [0.15, 0.2) is 17.7 Å². The van der Waals surface area contributed by atoms with E-state index in [4.69, 9.17) is 42.6 Å². The molecule has 0 saturated carbocycles. The average Bonchev–Trinajstić information content (AvgIpc) is 3.56. The van der Waals surface area contributed by atoms with E-state index in [1.165, 1.54) is 0 Å². The zero-order chi connectivity index (χ0) is 30.8. The van der Waals surface area contributed by atoms with Gasteiger partial charge in [0.05, 0.1) is 33.0 Å². The zero-order valence-corrected chi connectivity index (χ0v) is 26.0. The molecule has 0 aromatic heterocycles. The van der Waals surface area contributed by atoms with E-state index in [9.17, 15) is 0 Å². The van der Waals surface area contributed by atoms with Crippen LogP contribution in [0.1, 0.15) is 30.5 Å². The molecule has 6 atom stereocenters. The third kappa shape index (κ3) is 8.11. The van der Waals surface area contributed by atoms with E-state index in [2.05, 4.69) is 0 Å². The Bertz CT molecular complexity index is 1240. The smallest absolute Gasteiger partial charge is 0.187 e. The molecule has 3 aromatic rings. The maximum atomic E-state index is 6.86. The van der Waals surface area contributed by atoms with Gasteiger partial charge < -0.3 is 42.6 Å². The number of benzene rings is 3. The molecule has 0 unspecified atom stereocenters. The highest BCUT2D eigenvalue weighted by atomic mass is 16.8. The maximum Gasteiger partial charge on any atom is 0.187 e. The molecule has 0 amide bonds. The Kier molecular flexibility index (Phi) is 11.5. The Balaban J connectivity index is 1.54. The summed E-state index contributed by atoms with van der Waals surface area (Å²) in [5.41, 5.74) is 1.81. The van der Waals surface area contributed by atoms with Crippen molar-refractivity contribution in [2.75, 3.05) is 34.2 Å². The summed E-state index contributed by atoms with van der Waals surface area (Å²) in [6, 6.07) is 29.9. The highest BCUT2D eigenvalue weighted by Gasteiger charge is 2.64. The van der Waals surface area contributed by atoms with Crippen LogP contribution >= 0.6 is 0 Å². The van der Waals surface area contributed by atoms with Crippen molar-refractivity contribution in [2.24, 2.45) is 0 Å². The second kappa shape index (κ2) is 15.5. The van der Waals surface area contributed by atoms with Crippen LogP contribution < -0.4 is 0 Å². The lowest BCUT2D eigenvalue weighted by Crippen LogP contribution is -2.62. The number of hydrogen-bond acceptors (Lipinski definition) is 9. The molecule has 44 heavy (non-hydrogen) atoms. The fraction of sp³-hybridized carbons (Fsp3) is 0.486. The van der Waals surface area contributed by atoms with Gasteiger partial charge in [-0.1, -0.05) is 91.0 Å². The van der Waals surface area contributed by atoms with E-state index >= 15 is 0 Å². The molecule has 2 aliphatic heterocycles. The fourth-order valence-electron chi connectivity index (χ4n) is 5.78. The lowest BCUT2D eigenvalue weighted by atomic mass is 9.86. The van der Waals surface area contributed by atoms with Gasteiger partial charge >= 0.3 is 0 Å². The second-order valence-corrected chi connectivity index (χ2v) is 11.5. The summed E-state index contributed by atoms with van der Waals surface area (Å²) in [6.07, 6.45) is -3.37. The summed E-state index contributed by atoms with van der Waals surface area (Å²) < 4.78 is 56.8. The Morgan fingerprint density at radius 3 is 1.89 bits per heavy atom. The highest BCUT2D eigenvalue weighted by Crippen LogP contribution is 2.44. The molecule has 0 bridgehead atoms. The van der Waals surface area contributed by atoms with Crippen molar-refractivity contribution >= 4 is 0 Å². The maximum absolute atomic E-state index is 6.86. The monoisotopic (exact) mass is 608 g/mol. The van der Waals surface area contributed by atoms with Crippen LogP contribution in [0.5, 0.6) is 0 Å². The van der Waals surface area contributed by atoms with E-state index in [0.717, 1.165) is 16.7 Å². The molecule has 0 radical (unpaired) electrons. The molecule has 9 nitrogen and oxygen atoms in total. The van der Waals surface area contributed by atoms with Crippen molar-refractivity contribution in [3.63, 3.8) is 0 Å². The Morgan fingerprint density at radius 1 is 0.750 bits per heavy atom. The van der Waals surface area contributed by atoms with Crippen molar-refractivity contribution in [3.05, 3.63) is 108 Å². The minimum atomic E-state index is -1.23. The van der Waals surface area contributed by atoms with Gasteiger partial charge in [0.1, 0.15) is 31.2 Å². The summed E-state index contributed by atoms with van der Waals surface area (Å²) in [7, 11) is 3.16. The van der Waals surface area contributed by atoms with Gasteiger partial charge in [-0.25, -0.2) is 0 Å².